The van der Waals surface area contributed by atoms with Crippen molar-refractivity contribution in [1.29, 1.82) is 0 Å². The summed E-state index contributed by atoms with van der Waals surface area (Å²) in [5, 5.41) is 2.08. The first kappa shape index (κ1) is 46.4. The van der Waals surface area contributed by atoms with Gasteiger partial charge in [-0.2, -0.15) is 0 Å². The van der Waals surface area contributed by atoms with Crippen molar-refractivity contribution in [2.75, 3.05) is 39.6 Å². The smallest absolute Gasteiger partial charge is 0.374 e. The molecule has 0 fully saturated rings. The molecule has 0 saturated heterocycles. The number of hydrogen-bond donors (Lipinski definition) is 0. The maximum absolute atomic E-state index is 6.21. The predicted molar refractivity (Wildman–Crippen MR) is 257 cm³/mol. The van der Waals surface area contributed by atoms with E-state index in [2.05, 4.69) is 84.9 Å². The van der Waals surface area contributed by atoms with Gasteiger partial charge in [0.15, 0.2) is 0 Å². The van der Waals surface area contributed by atoms with Crippen LogP contribution in [0, 0.1) is 0 Å². The normalized spacial score (nSPS) is 12.3. The molecule has 6 rings (SSSR count). The Labute approximate surface area is 372 Å². The lowest BCUT2D eigenvalue weighted by Gasteiger charge is -2.28. The molecule has 2 heterocycles. The van der Waals surface area contributed by atoms with Gasteiger partial charge in [-0.1, -0.05) is 48.5 Å². The molecule has 0 saturated carbocycles. The van der Waals surface area contributed by atoms with E-state index < -0.39 is 17.6 Å². The fourth-order valence-electron chi connectivity index (χ4n) is 7.24. The lowest BCUT2D eigenvalue weighted by Crippen LogP contribution is -2.46. The largest absolute Gasteiger partial charge is 0.500 e. The zero-order valence-electron chi connectivity index (χ0n) is 35.0. The topological polar surface area (TPSA) is 81.2 Å². The summed E-state index contributed by atoms with van der Waals surface area (Å²) in [6.07, 6.45) is 3.51. The molecule has 0 amide bonds. The van der Waals surface area contributed by atoms with Crippen LogP contribution in [0.4, 0.5) is 0 Å². The second-order valence-electron chi connectivity index (χ2n) is 13.5. The third-order valence-corrected chi connectivity index (χ3v) is 21.8. The van der Waals surface area contributed by atoms with E-state index in [1.54, 1.807) is 54.1 Å². The molecule has 0 unspecified atom stereocenters. The Balaban J connectivity index is 1.28. The van der Waals surface area contributed by atoms with Crippen LogP contribution in [-0.2, 0) is 39.4 Å². The average molecular weight is 925 g/mol. The lowest BCUT2D eigenvalue weighted by atomic mass is 10.0. The zero-order chi connectivity index (χ0) is 41.5. The van der Waals surface area contributed by atoms with Gasteiger partial charge in [0.1, 0.15) is 10.0 Å². The molecule has 316 valence electrons. The SMILES string of the molecule is CCO[Si](CCCc1cccc(SSSc2cccc(CCC[Si](OCC)(OCC)OCC)c2-c2nc3ccccc3s2)c1-c1nc2ccccc2s1)(OCC)OCC. The molecular formula is C44H56N2O6S5Si2. The fourth-order valence-corrected chi connectivity index (χ4v) is 18.8. The van der Waals surface area contributed by atoms with Crippen molar-refractivity contribution >= 4 is 92.1 Å². The highest BCUT2D eigenvalue weighted by Crippen LogP contribution is 2.52. The van der Waals surface area contributed by atoms with E-state index in [0.717, 1.165) is 58.8 Å². The lowest BCUT2D eigenvalue weighted by molar-refractivity contribution is 0.0700. The second-order valence-corrected chi connectivity index (χ2v) is 25.0. The molecule has 0 aliphatic rings. The van der Waals surface area contributed by atoms with Crippen LogP contribution in [0.3, 0.4) is 0 Å². The molecule has 8 nitrogen and oxygen atoms in total. The Bertz CT molecular complexity index is 1970. The van der Waals surface area contributed by atoms with Crippen molar-refractivity contribution in [2.24, 2.45) is 0 Å². The first-order valence-corrected chi connectivity index (χ1v) is 29.7. The van der Waals surface area contributed by atoms with Gasteiger partial charge in [0, 0.05) is 72.6 Å². The highest BCUT2D eigenvalue weighted by molar-refractivity contribution is 9.09. The molecule has 0 radical (unpaired) electrons. The van der Waals surface area contributed by atoms with Crippen LogP contribution in [0.2, 0.25) is 12.1 Å². The van der Waals surface area contributed by atoms with Crippen LogP contribution >= 0.6 is 54.1 Å². The summed E-state index contributed by atoms with van der Waals surface area (Å²) in [6.45, 7) is 15.5. The van der Waals surface area contributed by atoms with Gasteiger partial charge in [0.25, 0.3) is 0 Å². The van der Waals surface area contributed by atoms with Crippen molar-refractivity contribution in [1.82, 2.24) is 9.97 Å². The molecule has 15 heteroatoms. The van der Waals surface area contributed by atoms with Crippen molar-refractivity contribution in [2.45, 2.75) is 89.1 Å². The number of nitrogens with zero attached hydrogens (tertiary/aromatic N) is 2. The molecule has 0 aliphatic heterocycles. The van der Waals surface area contributed by atoms with Crippen LogP contribution < -0.4 is 0 Å². The van der Waals surface area contributed by atoms with E-state index in [1.165, 1.54) is 41.4 Å². The first-order valence-electron chi connectivity index (χ1n) is 20.7. The quantitative estimate of drug-likeness (QED) is 0.0385. The van der Waals surface area contributed by atoms with Gasteiger partial charge in [-0.05, 0) is 146 Å². The van der Waals surface area contributed by atoms with Crippen LogP contribution in [0.25, 0.3) is 41.6 Å². The fraction of sp³-hybridized carbons (Fsp3) is 0.409. The van der Waals surface area contributed by atoms with E-state index >= 15 is 0 Å². The summed E-state index contributed by atoms with van der Waals surface area (Å²) >= 11 is 3.51. The van der Waals surface area contributed by atoms with Gasteiger partial charge >= 0.3 is 17.6 Å². The number of aryl methyl sites for hydroxylation is 2. The number of thiazole rings is 2. The molecular weight excluding hydrogens is 869 g/mol. The number of fused-ring (bicyclic) bond motifs is 2. The molecule has 0 N–H and O–H groups in total. The van der Waals surface area contributed by atoms with Gasteiger partial charge in [0.05, 0.1) is 20.4 Å². The minimum atomic E-state index is -2.77. The van der Waals surface area contributed by atoms with Crippen LogP contribution in [0.1, 0.15) is 65.5 Å². The summed E-state index contributed by atoms with van der Waals surface area (Å²) in [6, 6.07) is 31.7. The number of hydrogen-bond acceptors (Lipinski definition) is 13. The molecule has 59 heavy (non-hydrogen) atoms. The molecule has 0 spiro atoms. The Morgan fingerprint density at radius 3 is 1.20 bits per heavy atom. The molecule has 4 aromatic carbocycles. The summed E-state index contributed by atoms with van der Waals surface area (Å²) in [7, 11) is -0.163. The van der Waals surface area contributed by atoms with E-state index in [4.69, 9.17) is 36.5 Å². The number of aromatic nitrogens is 2. The van der Waals surface area contributed by atoms with Crippen molar-refractivity contribution < 1.29 is 26.6 Å². The molecule has 0 aliphatic carbocycles. The first-order chi connectivity index (χ1) is 28.9. The standard InChI is InChI=1S/C44H56N2O6S5Si2/c1-7-47-58(48-8-2,49-9-3)31-19-23-33-21-17-29-39(41(33)43-45-35-25-13-15-27-37(35)53-43)55-57-56-40-30-18-22-34(24-20-32-59(50-10-4,51-11-5)52-12-6)42(40)44-46-36-26-14-16-28-38(36)54-44/h13-18,21-22,25-30H,7-12,19-20,23-24,31-32H2,1-6H3. The Hall–Kier alpha value is -2.10. The maximum Gasteiger partial charge on any atom is 0.500 e. The summed E-state index contributed by atoms with van der Waals surface area (Å²) < 4.78 is 39.6. The Morgan fingerprint density at radius 1 is 0.475 bits per heavy atom. The van der Waals surface area contributed by atoms with Gasteiger partial charge < -0.3 is 26.6 Å². The third kappa shape index (κ3) is 12.1. The van der Waals surface area contributed by atoms with Gasteiger partial charge in [-0.15, -0.1) is 22.7 Å². The predicted octanol–water partition coefficient (Wildman–Crippen LogP) is 13.6. The third-order valence-electron chi connectivity index (χ3n) is 9.53. The number of benzene rings is 4. The maximum atomic E-state index is 6.21. The monoisotopic (exact) mass is 924 g/mol. The minimum absolute atomic E-state index is 0.575. The highest BCUT2D eigenvalue weighted by Gasteiger charge is 2.40. The van der Waals surface area contributed by atoms with Crippen molar-refractivity contribution in [3.8, 4) is 21.1 Å². The van der Waals surface area contributed by atoms with Crippen LogP contribution in [0.5, 0.6) is 0 Å². The van der Waals surface area contributed by atoms with Crippen molar-refractivity contribution in [3.63, 3.8) is 0 Å². The van der Waals surface area contributed by atoms with E-state index in [9.17, 15) is 0 Å². The summed E-state index contributed by atoms with van der Waals surface area (Å²) in [5.41, 5.74) is 7.00. The zero-order valence-corrected chi connectivity index (χ0v) is 41.0. The van der Waals surface area contributed by atoms with Crippen molar-refractivity contribution in [3.05, 3.63) is 96.1 Å². The Morgan fingerprint density at radius 2 is 0.847 bits per heavy atom. The summed E-state index contributed by atoms with van der Waals surface area (Å²) in [4.78, 5) is 12.7. The average Bonchev–Trinajstić information content (AvgIpc) is 3.86. The summed E-state index contributed by atoms with van der Waals surface area (Å²) in [5.74, 6) is 0. The van der Waals surface area contributed by atoms with Crippen LogP contribution in [-0.4, -0.2) is 67.2 Å². The van der Waals surface area contributed by atoms with Gasteiger partial charge in [-0.25, -0.2) is 9.97 Å². The second kappa shape index (κ2) is 23.4. The van der Waals surface area contributed by atoms with Gasteiger partial charge in [-0.3, -0.25) is 0 Å². The van der Waals surface area contributed by atoms with E-state index in [1.807, 2.05) is 41.5 Å². The molecule has 0 atom stereocenters. The van der Waals surface area contributed by atoms with E-state index in [-0.39, 0.29) is 0 Å². The number of para-hydroxylation sites is 2. The molecule has 2 aromatic heterocycles. The van der Waals surface area contributed by atoms with E-state index in [0.29, 0.717) is 39.6 Å². The molecule has 0 bridgehead atoms. The molecule has 6 aromatic rings. The Kier molecular flexibility index (Phi) is 18.4. The van der Waals surface area contributed by atoms with Crippen LogP contribution in [0.15, 0.2) is 94.7 Å². The van der Waals surface area contributed by atoms with Gasteiger partial charge in [0.2, 0.25) is 0 Å². The minimum Gasteiger partial charge on any atom is -0.374 e. The highest BCUT2D eigenvalue weighted by atomic mass is 33.5. The number of rotatable bonds is 26.